The summed E-state index contributed by atoms with van der Waals surface area (Å²) in [5.74, 6) is -0.266. The highest BCUT2D eigenvalue weighted by Gasteiger charge is 2.51. The van der Waals surface area contributed by atoms with Crippen molar-refractivity contribution in [2.24, 2.45) is 0 Å². The standard InChI is InChI=1S/C65H109NO13/c1-3-5-7-9-11-13-15-17-19-21-22-23-24-25-26-27-28-29-30-31-32-33-35-37-39-41-43-45-47-49-57(70)66-53(54(69)48-46-44-42-40-38-36-34-20-18-16-14-12-10-8-6-4-2)52-76-64-62(75)60(73)63(56(51-68)78-64)79-65-61(74)59(72)58(71)55(50-67)77-65/h5,7,11,13,17,19,22-23,25-26,28-29,31-32,38,40,46,48,53-56,58-65,67-69,71-75H,3-4,6,8-10,12,14-16,18,20-21,24,27,30,33-37,39,41-45,47,49-52H2,1-2H3,(H,66,70)/b7-5-,13-11-,19-17-,23-22-,26-25-,29-28-,32-31-,40-38+,48-46+. The smallest absolute Gasteiger partial charge is 0.220 e. The van der Waals surface area contributed by atoms with Gasteiger partial charge in [-0.25, -0.2) is 0 Å². The Hall–Kier alpha value is -3.35. The molecule has 0 radical (unpaired) electrons. The molecule has 0 aliphatic carbocycles. The van der Waals surface area contributed by atoms with Crippen molar-refractivity contribution in [3.05, 3.63) is 109 Å². The second kappa shape index (κ2) is 49.3. The van der Waals surface area contributed by atoms with E-state index in [0.29, 0.717) is 12.8 Å². The molecule has 2 aliphatic rings. The van der Waals surface area contributed by atoms with Crippen LogP contribution in [0.5, 0.6) is 0 Å². The van der Waals surface area contributed by atoms with E-state index in [4.69, 9.17) is 18.9 Å². The number of ether oxygens (including phenoxy) is 4. The second-order valence-corrected chi connectivity index (χ2v) is 21.1. The molecule has 2 saturated heterocycles. The summed E-state index contributed by atoms with van der Waals surface area (Å²) in [5.41, 5.74) is 0. The third-order valence-corrected chi connectivity index (χ3v) is 14.2. The van der Waals surface area contributed by atoms with E-state index < -0.39 is 86.8 Å². The quantitative estimate of drug-likeness (QED) is 0.0204. The van der Waals surface area contributed by atoms with Crippen molar-refractivity contribution in [1.29, 1.82) is 0 Å². The number of amides is 1. The van der Waals surface area contributed by atoms with E-state index in [2.05, 4.69) is 116 Å². The fourth-order valence-electron chi connectivity index (χ4n) is 9.29. The Morgan fingerprint density at radius 2 is 0.886 bits per heavy atom. The van der Waals surface area contributed by atoms with Gasteiger partial charge in [-0.3, -0.25) is 4.79 Å². The molecule has 0 aromatic rings. The van der Waals surface area contributed by atoms with E-state index in [1.165, 1.54) is 64.2 Å². The zero-order chi connectivity index (χ0) is 57.4. The van der Waals surface area contributed by atoms with Gasteiger partial charge >= 0.3 is 0 Å². The number of rotatable bonds is 47. The van der Waals surface area contributed by atoms with Crippen LogP contribution >= 0.6 is 0 Å². The Bertz CT molecular complexity index is 1740. The first kappa shape index (κ1) is 71.8. The Labute approximate surface area is 476 Å². The van der Waals surface area contributed by atoms with Gasteiger partial charge in [-0.05, 0) is 89.9 Å². The maximum absolute atomic E-state index is 13.3. The number of hydrogen-bond acceptors (Lipinski definition) is 13. The molecule has 9 N–H and O–H groups in total. The number of allylic oxidation sites excluding steroid dienone is 17. The number of hydrogen-bond donors (Lipinski definition) is 9. The molecule has 0 bridgehead atoms. The fraction of sp³-hybridized carbons (Fsp3) is 0.708. The first-order valence-corrected chi connectivity index (χ1v) is 30.6. The van der Waals surface area contributed by atoms with Crippen molar-refractivity contribution >= 4 is 5.91 Å². The zero-order valence-electron chi connectivity index (χ0n) is 48.6. The van der Waals surface area contributed by atoms with E-state index in [1.54, 1.807) is 6.08 Å². The minimum absolute atomic E-state index is 0.253. The summed E-state index contributed by atoms with van der Waals surface area (Å²) in [6.45, 7) is 2.64. The molecule has 0 aromatic heterocycles. The molecule has 79 heavy (non-hydrogen) atoms. The van der Waals surface area contributed by atoms with Crippen LogP contribution in [0.3, 0.4) is 0 Å². The third-order valence-electron chi connectivity index (χ3n) is 14.2. The van der Waals surface area contributed by atoms with Crippen molar-refractivity contribution in [2.45, 2.75) is 274 Å². The van der Waals surface area contributed by atoms with Crippen molar-refractivity contribution in [3.8, 4) is 0 Å². The number of carbonyl (C=O) groups is 1. The summed E-state index contributed by atoms with van der Waals surface area (Å²) in [6, 6.07) is -0.945. The lowest BCUT2D eigenvalue weighted by Gasteiger charge is -2.46. The van der Waals surface area contributed by atoms with Crippen molar-refractivity contribution < 1.29 is 64.6 Å². The normalized spacial score (nSPS) is 25.2. The lowest BCUT2D eigenvalue weighted by Crippen LogP contribution is -2.65. The van der Waals surface area contributed by atoms with Gasteiger partial charge in [-0.1, -0.05) is 213 Å². The van der Waals surface area contributed by atoms with Crippen molar-refractivity contribution in [1.82, 2.24) is 5.32 Å². The zero-order valence-corrected chi connectivity index (χ0v) is 48.6. The van der Waals surface area contributed by atoms with E-state index >= 15 is 0 Å². The van der Waals surface area contributed by atoms with Gasteiger partial charge in [0.2, 0.25) is 5.91 Å². The first-order chi connectivity index (χ1) is 38.6. The number of carbonyl (C=O) groups excluding carboxylic acids is 1. The summed E-state index contributed by atoms with van der Waals surface area (Å²) in [4.78, 5) is 13.3. The van der Waals surface area contributed by atoms with Gasteiger partial charge < -0.3 is 65.1 Å². The Balaban J connectivity index is 1.75. The predicted octanol–water partition coefficient (Wildman–Crippen LogP) is 10.8. The molecule has 2 heterocycles. The average molecular weight is 1110 g/mol. The molecule has 14 heteroatoms. The molecular weight excluding hydrogens is 1000 g/mol. The molecule has 1 amide bonds. The van der Waals surface area contributed by atoms with Crippen LogP contribution in [0.15, 0.2) is 109 Å². The van der Waals surface area contributed by atoms with Crippen molar-refractivity contribution in [3.63, 3.8) is 0 Å². The van der Waals surface area contributed by atoms with Crippen LogP contribution in [-0.4, -0.2) is 140 Å². The third kappa shape index (κ3) is 34.6. The molecule has 12 atom stereocenters. The van der Waals surface area contributed by atoms with Gasteiger partial charge in [0.25, 0.3) is 0 Å². The summed E-state index contributed by atoms with van der Waals surface area (Å²) in [5, 5.41) is 87.1. The summed E-state index contributed by atoms with van der Waals surface area (Å²) in [7, 11) is 0. The molecule has 0 saturated carbocycles. The van der Waals surface area contributed by atoms with Gasteiger partial charge in [-0.15, -0.1) is 0 Å². The highest BCUT2D eigenvalue weighted by molar-refractivity contribution is 5.76. The monoisotopic (exact) mass is 1110 g/mol. The maximum atomic E-state index is 13.3. The van der Waals surface area contributed by atoms with Gasteiger partial charge in [0, 0.05) is 6.42 Å². The molecule has 0 aromatic carbocycles. The molecule has 14 nitrogen and oxygen atoms in total. The largest absolute Gasteiger partial charge is 0.394 e. The predicted molar refractivity (Wildman–Crippen MR) is 318 cm³/mol. The lowest BCUT2D eigenvalue weighted by molar-refractivity contribution is -0.359. The van der Waals surface area contributed by atoms with E-state index in [0.717, 1.165) is 103 Å². The number of aliphatic hydroxyl groups excluding tert-OH is 8. The summed E-state index contributed by atoms with van der Waals surface area (Å²) < 4.78 is 22.7. The van der Waals surface area contributed by atoms with Gasteiger partial charge in [-0.2, -0.15) is 0 Å². The molecule has 12 unspecified atom stereocenters. The number of aliphatic hydroxyl groups is 8. The molecule has 2 fully saturated rings. The first-order valence-electron chi connectivity index (χ1n) is 30.6. The second-order valence-electron chi connectivity index (χ2n) is 21.1. The van der Waals surface area contributed by atoms with Crippen LogP contribution in [0.1, 0.15) is 200 Å². The van der Waals surface area contributed by atoms with Crippen LogP contribution in [0, 0.1) is 0 Å². The Morgan fingerprint density at radius 3 is 1.39 bits per heavy atom. The highest BCUT2D eigenvalue weighted by Crippen LogP contribution is 2.30. The van der Waals surface area contributed by atoms with Gasteiger partial charge in [0.15, 0.2) is 12.6 Å². The summed E-state index contributed by atoms with van der Waals surface area (Å²) in [6.07, 6.45) is 52.6. The minimum Gasteiger partial charge on any atom is -0.394 e. The average Bonchev–Trinajstić information content (AvgIpc) is 3.48. The van der Waals surface area contributed by atoms with Gasteiger partial charge in [0.05, 0.1) is 32.0 Å². The van der Waals surface area contributed by atoms with E-state index in [9.17, 15) is 45.6 Å². The van der Waals surface area contributed by atoms with Crippen LogP contribution in [0.25, 0.3) is 0 Å². The van der Waals surface area contributed by atoms with E-state index in [1.807, 2.05) is 6.08 Å². The topological polar surface area (TPSA) is 228 Å². The highest BCUT2D eigenvalue weighted by atomic mass is 16.7. The Morgan fingerprint density at radius 1 is 0.468 bits per heavy atom. The number of unbranched alkanes of at least 4 members (excludes halogenated alkanes) is 18. The van der Waals surface area contributed by atoms with E-state index in [-0.39, 0.29) is 18.9 Å². The van der Waals surface area contributed by atoms with Crippen LogP contribution in [0.4, 0.5) is 0 Å². The van der Waals surface area contributed by atoms with Crippen molar-refractivity contribution in [2.75, 3.05) is 19.8 Å². The molecule has 452 valence electrons. The van der Waals surface area contributed by atoms with Crippen LogP contribution < -0.4 is 5.32 Å². The molecular formula is C65H109NO13. The number of nitrogens with one attached hydrogen (secondary N) is 1. The van der Waals surface area contributed by atoms with Gasteiger partial charge in [0.1, 0.15) is 48.8 Å². The molecule has 2 aliphatic heterocycles. The fourth-order valence-corrected chi connectivity index (χ4v) is 9.29. The van der Waals surface area contributed by atoms with Crippen LogP contribution in [-0.2, 0) is 23.7 Å². The lowest BCUT2D eigenvalue weighted by atomic mass is 9.97. The van der Waals surface area contributed by atoms with Crippen LogP contribution in [0.2, 0.25) is 0 Å². The Kier molecular flexibility index (Phi) is 44.8. The SMILES string of the molecule is CC/C=C\C/C=C\C/C=C\C/C=C\C/C=C\C/C=C\C/C=C\CCCCCCCCCC(=O)NC(COC1OC(CO)C(OC2OC(CO)C(O)C(O)C2O)C(O)C1O)C(O)/C=C/CC/C=C/CCCCCCCCCCCC. The molecule has 0 spiro atoms. The minimum atomic E-state index is -1.80. The maximum Gasteiger partial charge on any atom is 0.220 e. The summed E-state index contributed by atoms with van der Waals surface area (Å²) >= 11 is 0. The molecule has 2 rings (SSSR count).